The van der Waals surface area contributed by atoms with E-state index < -0.39 is 40.3 Å². The van der Waals surface area contributed by atoms with Gasteiger partial charge >= 0.3 is 0 Å². The number of amides is 1. The van der Waals surface area contributed by atoms with Crippen molar-refractivity contribution in [1.82, 2.24) is 9.97 Å². The molecule has 2 fully saturated rings. The minimum absolute atomic E-state index is 0.0461. The fourth-order valence-corrected chi connectivity index (χ4v) is 5.75. The molecule has 0 spiro atoms. The molecule has 0 bridgehead atoms. The monoisotopic (exact) mass is 542 g/mol. The van der Waals surface area contributed by atoms with Crippen LogP contribution in [0, 0.1) is 23.4 Å². The number of alkyl halides is 1. The zero-order chi connectivity index (χ0) is 27.7. The maximum Gasteiger partial charge on any atom is 0.274 e. The number of anilines is 1. The number of nitrogens with one attached hydrogen (secondary N) is 1. The molecule has 1 aliphatic heterocycles. The number of nitrogens with two attached hydrogens (primary N) is 1. The van der Waals surface area contributed by atoms with Crippen molar-refractivity contribution in [3.05, 3.63) is 77.0 Å². The zero-order valence-corrected chi connectivity index (χ0v) is 21.5. The molecule has 1 saturated heterocycles. The third kappa shape index (κ3) is 5.67. The van der Waals surface area contributed by atoms with Crippen molar-refractivity contribution >= 4 is 11.6 Å². The Hall–Kier alpha value is -3.37. The van der Waals surface area contributed by atoms with Crippen molar-refractivity contribution in [1.29, 1.82) is 0 Å². The summed E-state index contributed by atoms with van der Waals surface area (Å²) in [5, 5.41) is 2.76. The van der Waals surface area contributed by atoms with Crippen LogP contribution in [-0.4, -0.2) is 35.1 Å². The van der Waals surface area contributed by atoms with Gasteiger partial charge in [-0.2, -0.15) is 0 Å². The van der Waals surface area contributed by atoms with Gasteiger partial charge in [-0.3, -0.25) is 9.78 Å². The molecule has 1 aliphatic carbocycles. The molecule has 3 heterocycles. The van der Waals surface area contributed by atoms with Crippen molar-refractivity contribution in [2.45, 2.75) is 56.7 Å². The predicted octanol–water partition coefficient (Wildman–Crippen LogP) is 6.02. The molecule has 3 atom stereocenters. The molecule has 1 amide bonds. The van der Waals surface area contributed by atoms with Crippen LogP contribution in [0.3, 0.4) is 0 Å². The molecule has 6 nitrogen and oxygen atoms in total. The third-order valence-electron chi connectivity index (χ3n) is 7.68. The van der Waals surface area contributed by atoms with Crippen LogP contribution in [0.1, 0.15) is 66.6 Å². The van der Waals surface area contributed by atoms with Crippen LogP contribution in [-0.2, 0) is 10.4 Å². The summed E-state index contributed by atoms with van der Waals surface area (Å²) in [4.78, 5) is 21.2. The number of pyridine rings is 2. The van der Waals surface area contributed by atoms with E-state index in [1.165, 1.54) is 6.20 Å². The van der Waals surface area contributed by atoms with Gasteiger partial charge in [-0.1, -0.05) is 6.92 Å². The lowest BCUT2D eigenvalue weighted by Gasteiger charge is -2.32. The lowest BCUT2D eigenvalue weighted by atomic mass is 9.76. The Morgan fingerprint density at radius 3 is 2.46 bits per heavy atom. The number of hydrogen-bond acceptors (Lipinski definition) is 5. The number of benzene rings is 1. The van der Waals surface area contributed by atoms with Gasteiger partial charge in [0.15, 0.2) is 0 Å². The van der Waals surface area contributed by atoms with Gasteiger partial charge in [0, 0.05) is 38.3 Å². The number of hydrogen-bond donors (Lipinski definition) is 2. The van der Waals surface area contributed by atoms with E-state index in [1.54, 1.807) is 6.20 Å². The average molecular weight is 543 g/mol. The first kappa shape index (κ1) is 27.2. The summed E-state index contributed by atoms with van der Waals surface area (Å²) in [6, 6.07) is 5.64. The standard InChI is InChI=1S/C29H30F4N4O2/c1-16-10-17(12-19(34)11-16)20-4-7-35-15-25(20)37-28(38)24-3-2-21(30)27(36-24)26-22(31)13-18(14-23(26)32)29(33)5-8-39-9-6-29/h2-4,7,13-17,19H,5-6,8-12,34H2,1H3,(H,37,38)/t16-,17+,19-/m0/s1. The van der Waals surface area contributed by atoms with Gasteiger partial charge in [0.1, 0.15) is 34.5 Å². The van der Waals surface area contributed by atoms with Crippen LogP contribution >= 0.6 is 0 Å². The Morgan fingerprint density at radius 1 is 1.05 bits per heavy atom. The molecule has 2 aliphatic rings. The van der Waals surface area contributed by atoms with Crippen LogP contribution in [0.5, 0.6) is 0 Å². The quantitative estimate of drug-likeness (QED) is 0.385. The highest BCUT2D eigenvalue weighted by Gasteiger charge is 2.36. The predicted molar refractivity (Wildman–Crippen MR) is 138 cm³/mol. The van der Waals surface area contributed by atoms with Gasteiger partial charge in [-0.15, -0.1) is 0 Å². The summed E-state index contributed by atoms with van der Waals surface area (Å²) in [6.45, 7) is 2.39. The summed E-state index contributed by atoms with van der Waals surface area (Å²) < 4.78 is 65.5. The fourth-order valence-electron chi connectivity index (χ4n) is 5.75. The average Bonchev–Trinajstić information content (AvgIpc) is 2.89. The topological polar surface area (TPSA) is 90.1 Å². The fraction of sp³-hybridized carbons (Fsp3) is 0.414. The van der Waals surface area contributed by atoms with Crippen LogP contribution in [0.2, 0.25) is 0 Å². The van der Waals surface area contributed by atoms with Crippen molar-refractivity contribution in [3.63, 3.8) is 0 Å². The van der Waals surface area contributed by atoms with Crippen LogP contribution in [0.15, 0.2) is 42.7 Å². The van der Waals surface area contributed by atoms with Crippen LogP contribution in [0.4, 0.5) is 23.2 Å². The molecule has 1 saturated carbocycles. The van der Waals surface area contributed by atoms with E-state index in [4.69, 9.17) is 10.5 Å². The van der Waals surface area contributed by atoms with E-state index in [0.29, 0.717) is 11.6 Å². The van der Waals surface area contributed by atoms with E-state index >= 15 is 13.2 Å². The molecule has 39 heavy (non-hydrogen) atoms. The second-order valence-electron chi connectivity index (χ2n) is 10.6. The second-order valence-corrected chi connectivity index (χ2v) is 10.6. The maximum absolute atomic E-state index is 15.3. The minimum atomic E-state index is -1.95. The highest BCUT2D eigenvalue weighted by atomic mass is 19.1. The minimum Gasteiger partial charge on any atom is -0.381 e. The lowest BCUT2D eigenvalue weighted by Crippen LogP contribution is -2.31. The second kappa shape index (κ2) is 11.0. The van der Waals surface area contributed by atoms with Crippen LogP contribution < -0.4 is 11.1 Å². The molecule has 0 radical (unpaired) electrons. The maximum atomic E-state index is 15.3. The highest BCUT2D eigenvalue weighted by Crippen LogP contribution is 2.40. The number of carbonyl (C=O) groups is 1. The van der Waals surface area contributed by atoms with Gasteiger partial charge < -0.3 is 15.8 Å². The number of carbonyl (C=O) groups excluding carboxylic acids is 1. The Balaban J connectivity index is 1.43. The Kier molecular flexibility index (Phi) is 7.68. The van der Waals surface area contributed by atoms with Crippen molar-refractivity contribution in [2.75, 3.05) is 18.5 Å². The first-order valence-electron chi connectivity index (χ1n) is 13.1. The van der Waals surface area contributed by atoms with E-state index in [-0.39, 0.29) is 49.3 Å². The van der Waals surface area contributed by atoms with E-state index in [1.807, 2.05) is 6.07 Å². The summed E-state index contributed by atoms with van der Waals surface area (Å²) >= 11 is 0. The summed E-state index contributed by atoms with van der Waals surface area (Å²) in [5.74, 6) is -3.52. The molecular weight excluding hydrogens is 512 g/mol. The third-order valence-corrected chi connectivity index (χ3v) is 7.68. The molecule has 0 unspecified atom stereocenters. The lowest BCUT2D eigenvalue weighted by molar-refractivity contribution is -0.0117. The Labute approximate surface area is 224 Å². The summed E-state index contributed by atoms with van der Waals surface area (Å²) in [5.41, 5.74) is 3.75. The number of ether oxygens (including phenoxy) is 1. The van der Waals surface area contributed by atoms with E-state index in [2.05, 4.69) is 22.2 Å². The SMILES string of the molecule is C[C@@H]1C[C@H](N)C[C@H](c2ccncc2NC(=O)c2ccc(F)c(-c3c(F)cc(C4(F)CCOCC4)cc3F)n2)C1. The molecule has 2 aromatic heterocycles. The molecule has 1 aromatic carbocycles. The highest BCUT2D eigenvalue weighted by molar-refractivity contribution is 6.03. The summed E-state index contributed by atoms with van der Waals surface area (Å²) in [6.07, 6.45) is 5.66. The van der Waals surface area contributed by atoms with E-state index in [9.17, 15) is 9.18 Å². The number of nitrogens with zero attached hydrogens (tertiary/aromatic N) is 2. The molecule has 206 valence electrons. The molecule has 3 N–H and O–H groups in total. The molecular formula is C29H30F4N4O2. The van der Waals surface area contributed by atoms with E-state index in [0.717, 1.165) is 49.1 Å². The molecule has 5 rings (SSSR count). The summed E-state index contributed by atoms with van der Waals surface area (Å²) in [7, 11) is 0. The molecule has 3 aromatic rings. The van der Waals surface area contributed by atoms with Crippen LogP contribution in [0.25, 0.3) is 11.3 Å². The van der Waals surface area contributed by atoms with Gasteiger partial charge in [-0.05, 0) is 72.6 Å². The van der Waals surface area contributed by atoms with Gasteiger partial charge in [0.05, 0.1) is 17.4 Å². The van der Waals surface area contributed by atoms with Crippen molar-refractivity contribution < 1.29 is 27.1 Å². The Morgan fingerprint density at radius 2 is 1.77 bits per heavy atom. The molecule has 10 heteroatoms. The number of halogens is 4. The number of aromatic nitrogens is 2. The van der Waals surface area contributed by atoms with Gasteiger partial charge in [0.25, 0.3) is 5.91 Å². The first-order valence-corrected chi connectivity index (χ1v) is 13.1. The normalized spacial score (nSPS) is 22.9. The zero-order valence-electron chi connectivity index (χ0n) is 21.5. The smallest absolute Gasteiger partial charge is 0.274 e. The first-order chi connectivity index (χ1) is 18.6. The van der Waals surface area contributed by atoms with Crippen molar-refractivity contribution in [2.24, 2.45) is 11.7 Å². The largest absolute Gasteiger partial charge is 0.381 e. The number of rotatable bonds is 5. The van der Waals surface area contributed by atoms with Gasteiger partial charge in [-0.25, -0.2) is 22.5 Å². The Bertz CT molecular complexity index is 1350. The van der Waals surface area contributed by atoms with Crippen molar-refractivity contribution in [3.8, 4) is 11.3 Å². The van der Waals surface area contributed by atoms with Gasteiger partial charge in [0.2, 0.25) is 0 Å².